The SMILES string of the molecule is CNC(C(=O)O)C(=O)c1ccc(OC)c(OC)c1. The fourth-order valence-electron chi connectivity index (χ4n) is 1.52. The van der Waals surface area contributed by atoms with Gasteiger partial charge in [0.2, 0.25) is 0 Å². The number of Topliss-reactive ketones (excluding diaryl/α,β-unsaturated/α-hetero) is 1. The maximum atomic E-state index is 11.9. The standard InChI is InChI=1S/C12H15NO5/c1-13-10(12(15)16)11(14)7-4-5-8(17-2)9(6-7)18-3/h4-6,10,13H,1-3H3,(H,15,16). The molecular formula is C12H15NO5. The zero-order chi connectivity index (χ0) is 13.7. The highest BCUT2D eigenvalue weighted by molar-refractivity contribution is 6.11. The summed E-state index contributed by atoms with van der Waals surface area (Å²) in [5.74, 6) is -0.905. The molecule has 1 aromatic rings. The number of carboxylic acids is 1. The van der Waals surface area contributed by atoms with Crippen molar-refractivity contribution in [2.45, 2.75) is 6.04 Å². The van der Waals surface area contributed by atoms with Gasteiger partial charge >= 0.3 is 5.97 Å². The molecule has 1 atom stereocenters. The van der Waals surface area contributed by atoms with Crippen LogP contribution in [0, 0.1) is 0 Å². The summed E-state index contributed by atoms with van der Waals surface area (Å²) in [5.41, 5.74) is 0.245. The molecule has 0 aliphatic carbocycles. The Labute approximate surface area is 105 Å². The van der Waals surface area contributed by atoms with Crippen molar-refractivity contribution in [1.29, 1.82) is 0 Å². The number of likely N-dealkylation sites (N-methyl/N-ethyl adjacent to an activating group) is 1. The molecule has 18 heavy (non-hydrogen) atoms. The molecule has 1 unspecified atom stereocenters. The van der Waals surface area contributed by atoms with Crippen molar-refractivity contribution in [3.05, 3.63) is 23.8 Å². The van der Waals surface area contributed by atoms with Crippen LogP contribution in [0.4, 0.5) is 0 Å². The van der Waals surface area contributed by atoms with Crippen LogP contribution in [0.2, 0.25) is 0 Å². The summed E-state index contributed by atoms with van der Waals surface area (Å²) in [4.78, 5) is 22.8. The minimum Gasteiger partial charge on any atom is -0.493 e. The van der Waals surface area contributed by atoms with Crippen molar-refractivity contribution in [3.63, 3.8) is 0 Å². The molecule has 6 heteroatoms. The number of hydrogen-bond acceptors (Lipinski definition) is 5. The lowest BCUT2D eigenvalue weighted by molar-refractivity contribution is -0.137. The van der Waals surface area contributed by atoms with Crippen LogP contribution in [0.15, 0.2) is 18.2 Å². The van der Waals surface area contributed by atoms with E-state index >= 15 is 0 Å². The Hall–Kier alpha value is -2.08. The summed E-state index contributed by atoms with van der Waals surface area (Å²) in [6.45, 7) is 0. The molecule has 0 saturated heterocycles. The van der Waals surface area contributed by atoms with Crippen LogP contribution in [0.3, 0.4) is 0 Å². The average molecular weight is 253 g/mol. The van der Waals surface area contributed by atoms with Crippen LogP contribution in [0.25, 0.3) is 0 Å². The van der Waals surface area contributed by atoms with Crippen LogP contribution >= 0.6 is 0 Å². The second kappa shape index (κ2) is 6.02. The summed E-state index contributed by atoms with van der Waals surface area (Å²) in [5, 5.41) is 11.3. The highest BCUT2D eigenvalue weighted by Crippen LogP contribution is 2.27. The molecule has 0 aromatic heterocycles. The van der Waals surface area contributed by atoms with Crippen molar-refractivity contribution in [2.24, 2.45) is 0 Å². The molecule has 0 spiro atoms. The smallest absolute Gasteiger partial charge is 0.328 e. The van der Waals surface area contributed by atoms with E-state index in [0.29, 0.717) is 11.5 Å². The second-order valence-electron chi connectivity index (χ2n) is 3.49. The number of aliphatic carboxylic acids is 1. The number of ether oxygens (including phenoxy) is 2. The van der Waals surface area contributed by atoms with E-state index in [4.69, 9.17) is 14.6 Å². The van der Waals surface area contributed by atoms with Gasteiger partial charge in [0, 0.05) is 5.56 Å². The number of nitrogens with one attached hydrogen (secondary N) is 1. The predicted octanol–water partition coefficient (Wildman–Crippen LogP) is 0.559. The topological polar surface area (TPSA) is 84.9 Å². The Morgan fingerprint density at radius 2 is 1.83 bits per heavy atom. The largest absolute Gasteiger partial charge is 0.493 e. The molecule has 6 nitrogen and oxygen atoms in total. The minimum atomic E-state index is -1.27. The molecule has 2 N–H and O–H groups in total. The number of hydrogen-bond donors (Lipinski definition) is 2. The van der Waals surface area contributed by atoms with Gasteiger partial charge in [0.15, 0.2) is 23.3 Å². The van der Waals surface area contributed by atoms with Crippen LogP contribution in [-0.2, 0) is 4.79 Å². The summed E-state index contributed by atoms with van der Waals surface area (Å²) < 4.78 is 10.1. The Balaban J connectivity index is 3.10. The fraction of sp³-hybridized carbons (Fsp3) is 0.333. The number of rotatable bonds is 6. The van der Waals surface area contributed by atoms with Gasteiger partial charge < -0.3 is 19.9 Å². The summed E-state index contributed by atoms with van der Waals surface area (Å²) in [6, 6.07) is 3.23. The summed E-state index contributed by atoms with van der Waals surface area (Å²) >= 11 is 0. The third-order valence-electron chi connectivity index (χ3n) is 2.47. The number of methoxy groups -OCH3 is 2. The number of carbonyl (C=O) groups excluding carboxylic acids is 1. The van der Waals surface area contributed by atoms with E-state index in [1.165, 1.54) is 33.4 Å². The number of ketones is 1. The van der Waals surface area contributed by atoms with E-state index in [-0.39, 0.29) is 5.56 Å². The molecule has 0 amide bonds. The molecule has 0 saturated carbocycles. The maximum Gasteiger partial charge on any atom is 0.328 e. The predicted molar refractivity (Wildman–Crippen MR) is 64.4 cm³/mol. The monoisotopic (exact) mass is 253 g/mol. The van der Waals surface area contributed by atoms with Gasteiger partial charge in [0.1, 0.15) is 0 Å². The first kappa shape index (κ1) is 14.0. The van der Waals surface area contributed by atoms with E-state index in [9.17, 15) is 9.59 Å². The first-order chi connectivity index (χ1) is 8.54. The molecule has 0 radical (unpaired) electrons. The zero-order valence-corrected chi connectivity index (χ0v) is 10.4. The fourth-order valence-corrected chi connectivity index (χ4v) is 1.52. The van der Waals surface area contributed by atoms with Crippen LogP contribution in [0.1, 0.15) is 10.4 Å². The lowest BCUT2D eigenvalue weighted by atomic mass is 10.0. The number of carbonyl (C=O) groups is 2. The first-order valence-corrected chi connectivity index (χ1v) is 5.21. The minimum absolute atomic E-state index is 0.245. The Morgan fingerprint density at radius 3 is 2.28 bits per heavy atom. The molecule has 0 aliphatic rings. The average Bonchev–Trinajstić information content (AvgIpc) is 2.38. The number of carboxylic acid groups (broad SMARTS) is 1. The van der Waals surface area contributed by atoms with E-state index in [2.05, 4.69) is 5.32 Å². The van der Waals surface area contributed by atoms with Gasteiger partial charge in [-0.3, -0.25) is 9.59 Å². The van der Waals surface area contributed by atoms with Crippen molar-refractivity contribution in [3.8, 4) is 11.5 Å². The molecule has 0 fully saturated rings. The highest BCUT2D eigenvalue weighted by Gasteiger charge is 2.26. The van der Waals surface area contributed by atoms with Gasteiger partial charge in [-0.2, -0.15) is 0 Å². The van der Waals surface area contributed by atoms with Crippen molar-refractivity contribution in [2.75, 3.05) is 21.3 Å². The summed E-state index contributed by atoms with van der Waals surface area (Å²) in [6.07, 6.45) is 0. The molecule has 1 rings (SSSR count). The second-order valence-corrected chi connectivity index (χ2v) is 3.49. The van der Waals surface area contributed by atoms with Gasteiger partial charge in [-0.05, 0) is 25.2 Å². The quantitative estimate of drug-likeness (QED) is 0.569. The molecule has 0 aliphatic heterocycles. The van der Waals surface area contributed by atoms with Crippen LogP contribution < -0.4 is 14.8 Å². The van der Waals surface area contributed by atoms with Crippen LogP contribution in [0.5, 0.6) is 11.5 Å². The third-order valence-corrected chi connectivity index (χ3v) is 2.47. The normalized spacial score (nSPS) is 11.7. The molecule has 1 aromatic carbocycles. The van der Waals surface area contributed by atoms with Gasteiger partial charge in [0.25, 0.3) is 0 Å². The van der Waals surface area contributed by atoms with Crippen LogP contribution in [-0.4, -0.2) is 44.2 Å². The molecule has 98 valence electrons. The molecule has 0 bridgehead atoms. The zero-order valence-electron chi connectivity index (χ0n) is 10.4. The van der Waals surface area contributed by atoms with Crippen molar-refractivity contribution < 1.29 is 24.2 Å². The van der Waals surface area contributed by atoms with Crippen molar-refractivity contribution >= 4 is 11.8 Å². The third kappa shape index (κ3) is 2.78. The Bertz CT molecular complexity index is 458. The van der Waals surface area contributed by atoms with E-state index in [1.54, 1.807) is 6.07 Å². The van der Waals surface area contributed by atoms with E-state index in [0.717, 1.165) is 0 Å². The van der Waals surface area contributed by atoms with Crippen molar-refractivity contribution in [1.82, 2.24) is 5.32 Å². The lowest BCUT2D eigenvalue weighted by Crippen LogP contribution is -2.41. The lowest BCUT2D eigenvalue weighted by Gasteiger charge is -2.12. The summed E-state index contributed by atoms with van der Waals surface area (Å²) in [7, 11) is 4.34. The van der Waals surface area contributed by atoms with Gasteiger partial charge in [-0.15, -0.1) is 0 Å². The molecular weight excluding hydrogens is 238 g/mol. The van der Waals surface area contributed by atoms with E-state index in [1.807, 2.05) is 0 Å². The first-order valence-electron chi connectivity index (χ1n) is 5.21. The Morgan fingerprint density at radius 1 is 1.22 bits per heavy atom. The molecule has 0 heterocycles. The van der Waals surface area contributed by atoms with E-state index < -0.39 is 17.8 Å². The number of benzene rings is 1. The highest BCUT2D eigenvalue weighted by atomic mass is 16.5. The Kier molecular flexibility index (Phi) is 4.67. The van der Waals surface area contributed by atoms with Gasteiger partial charge in [-0.25, -0.2) is 0 Å². The van der Waals surface area contributed by atoms with Gasteiger partial charge in [-0.1, -0.05) is 0 Å². The maximum absolute atomic E-state index is 11.9. The van der Waals surface area contributed by atoms with Gasteiger partial charge in [0.05, 0.1) is 14.2 Å².